The SMILES string of the molecule is CCN1CCN(c2nc(C3=CCCc4ccc(OC)cc43)cc3ccccc23)CC1. The van der Waals surface area contributed by atoms with E-state index in [0.717, 1.165) is 62.8 Å². The Hall–Kier alpha value is -2.85. The van der Waals surface area contributed by atoms with Gasteiger partial charge in [-0.1, -0.05) is 43.3 Å². The maximum Gasteiger partial charge on any atom is 0.137 e. The van der Waals surface area contributed by atoms with Gasteiger partial charge in [-0.25, -0.2) is 4.98 Å². The van der Waals surface area contributed by atoms with Crippen LogP contribution < -0.4 is 9.64 Å². The molecule has 0 spiro atoms. The van der Waals surface area contributed by atoms with Crippen molar-refractivity contribution in [2.45, 2.75) is 19.8 Å². The predicted molar refractivity (Wildman–Crippen MR) is 124 cm³/mol. The zero-order valence-corrected chi connectivity index (χ0v) is 17.9. The first-order chi connectivity index (χ1) is 14.8. The van der Waals surface area contributed by atoms with Crippen LogP contribution in [0.1, 0.15) is 30.2 Å². The van der Waals surface area contributed by atoms with Gasteiger partial charge in [0.15, 0.2) is 0 Å². The summed E-state index contributed by atoms with van der Waals surface area (Å²) in [5.74, 6) is 2.02. The lowest BCUT2D eigenvalue weighted by Gasteiger charge is -2.35. The van der Waals surface area contributed by atoms with Gasteiger partial charge < -0.3 is 14.5 Å². The molecule has 2 aliphatic rings. The highest BCUT2D eigenvalue weighted by atomic mass is 16.5. The van der Waals surface area contributed by atoms with E-state index in [1.807, 2.05) is 0 Å². The van der Waals surface area contributed by atoms with Gasteiger partial charge >= 0.3 is 0 Å². The number of hydrogen-bond acceptors (Lipinski definition) is 4. The Morgan fingerprint density at radius 2 is 1.83 bits per heavy atom. The van der Waals surface area contributed by atoms with Gasteiger partial charge in [0.25, 0.3) is 0 Å². The molecule has 3 aromatic rings. The first-order valence-corrected chi connectivity index (χ1v) is 11.0. The molecule has 2 aromatic carbocycles. The summed E-state index contributed by atoms with van der Waals surface area (Å²) in [5, 5.41) is 2.50. The molecule has 1 saturated heterocycles. The van der Waals surface area contributed by atoms with E-state index in [4.69, 9.17) is 9.72 Å². The summed E-state index contributed by atoms with van der Waals surface area (Å²) in [6.07, 6.45) is 4.47. The van der Waals surface area contributed by atoms with E-state index in [-0.39, 0.29) is 0 Å². The van der Waals surface area contributed by atoms with Crippen LogP contribution >= 0.6 is 0 Å². The van der Waals surface area contributed by atoms with Crippen molar-refractivity contribution >= 4 is 22.2 Å². The fourth-order valence-corrected chi connectivity index (χ4v) is 4.71. The molecule has 0 amide bonds. The number of aromatic nitrogens is 1. The highest BCUT2D eigenvalue weighted by Crippen LogP contribution is 2.36. The highest BCUT2D eigenvalue weighted by molar-refractivity contribution is 5.96. The Bertz CT molecular complexity index is 1100. The summed E-state index contributed by atoms with van der Waals surface area (Å²) in [4.78, 5) is 10.2. The molecule has 4 nitrogen and oxygen atoms in total. The Labute approximate surface area is 178 Å². The minimum atomic E-state index is 0.901. The number of methoxy groups -OCH3 is 1. The zero-order valence-electron chi connectivity index (χ0n) is 17.9. The number of rotatable bonds is 4. The number of anilines is 1. The minimum Gasteiger partial charge on any atom is -0.497 e. The molecule has 1 aliphatic carbocycles. The van der Waals surface area contributed by atoms with E-state index < -0.39 is 0 Å². The lowest BCUT2D eigenvalue weighted by Crippen LogP contribution is -2.46. The van der Waals surface area contributed by atoms with Crippen LogP contribution in [0.3, 0.4) is 0 Å². The summed E-state index contributed by atoms with van der Waals surface area (Å²) >= 11 is 0. The molecule has 30 heavy (non-hydrogen) atoms. The summed E-state index contributed by atoms with van der Waals surface area (Å²) in [5.41, 5.74) is 4.93. The molecule has 1 aliphatic heterocycles. The molecule has 2 heterocycles. The Morgan fingerprint density at radius 3 is 2.63 bits per heavy atom. The fraction of sp³-hybridized carbons (Fsp3) is 0.346. The summed E-state index contributed by atoms with van der Waals surface area (Å²) in [6.45, 7) is 7.60. The van der Waals surface area contributed by atoms with E-state index in [1.165, 1.54) is 27.5 Å². The van der Waals surface area contributed by atoms with Crippen LogP contribution in [0.5, 0.6) is 5.75 Å². The number of nitrogens with zero attached hydrogens (tertiary/aromatic N) is 3. The second-order valence-electron chi connectivity index (χ2n) is 8.15. The van der Waals surface area contributed by atoms with Gasteiger partial charge in [0.1, 0.15) is 11.6 Å². The van der Waals surface area contributed by atoms with Crippen LogP contribution in [0.25, 0.3) is 16.3 Å². The first-order valence-electron chi connectivity index (χ1n) is 11.0. The van der Waals surface area contributed by atoms with Crippen molar-refractivity contribution in [3.8, 4) is 5.75 Å². The number of likely N-dealkylation sites (N-methyl/N-ethyl adjacent to an activating group) is 1. The topological polar surface area (TPSA) is 28.6 Å². The van der Waals surface area contributed by atoms with Crippen LogP contribution in [0.2, 0.25) is 0 Å². The van der Waals surface area contributed by atoms with Gasteiger partial charge in [-0.15, -0.1) is 0 Å². The lowest BCUT2D eigenvalue weighted by atomic mass is 9.88. The van der Waals surface area contributed by atoms with Gasteiger partial charge in [0.2, 0.25) is 0 Å². The third-order valence-electron chi connectivity index (χ3n) is 6.48. The Kier molecular flexibility index (Phi) is 5.17. The lowest BCUT2D eigenvalue weighted by molar-refractivity contribution is 0.271. The van der Waals surface area contributed by atoms with E-state index in [0.29, 0.717) is 0 Å². The fourth-order valence-electron chi connectivity index (χ4n) is 4.71. The number of allylic oxidation sites excluding steroid dienone is 1. The molecule has 0 unspecified atom stereocenters. The van der Waals surface area contributed by atoms with Crippen molar-refractivity contribution in [3.63, 3.8) is 0 Å². The predicted octanol–water partition coefficient (Wildman–Crippen LogP) is 4.76. The third kappa shape index (κ3) is 3.46. The number of ether oxygens (including phenoxy) is 1. The van der Waals surface area contributed by atoms with Crippen molar-refractivity contribution in [2.24, 2.45) is 0 Å². The van der Waals surface area contributed by atoms with Crippen LogP contribution in [0.15, 0.2) is 54.6 Å². The minimum absolute atomic E-state index is 0.901. The maximum absolute atomic E-state index is 5.51. The summed E-state index contributed by atoms with van der Waals surface area (Å²) in [6, 6.07) is 17.3. The molecule has 0 saturated carbocycles. The third-order valence-corrected chi connectivity index (χ3v) is 6.48. The second kappa shape index (κ2) is 8.11. The zero-order chi connectivity index (χ0) is 20.5. The number of piperazine rings is 1. The summed E-state index contributed by atoms with van der Waals surface area (Å²) < 4.78 is 5.51. The van der Waals surface area contributed by atoms with Gasteiger partial charge in [-0.3, -0.25) is 0 Å². The maximum atomic E-state index is 5.51. The average molecular weight is 400 g/mol. The van der Waals surface area contributed by atoms with Gasteiger partial charge in [0, 0.05) is 37.1 Å². The van der Waals surface area contributed by atoms with Gasteiger partial charge in [-0.05, 0) is 54.1 Å². The number of benzene rings is 2. The standard InChI is InChI=1S/C26H29N3O/c1-3-28-13-15-29(16-14-28)26-22-9-5-4-7-20(22)17-25(27-26)23-10-6-8-19-11-12-21(30-2)18-24(19)23/h4-5,7,9-12,17-18H,3,6,8,13-16H2,1-2H3. The van der Waals surface area contributed by atoms with Crippen molar-refractivity contribution in [3.05, 3.63) is 71.4 Å². The Balaban J connectivity index is 1.61. The van der Waals surface area contributed by atoms with Crippen molar-refractivity contribution < 1.29 is 4.74 Å². The molecule has 154 valence electrons. The first kappa shape index (κ1) is 19.1. The van der Waals surface area contributed by atoms with Crippen molar-refractivity contribution in [1.29, 1.82) is 0 Å². The van der Waals surface area contributed by atoms with E-state index in [2.05, 4.69) is 71.3 Å². The number of aryl methyl sites for hydroxylation is 1. The molecule has 0 bridgehead atoms. The van der Waals surface area contributed by atoms with Gasteiger partial charge in [0.05, 0.1) is 12.8 Å². The molecule has 1 fully saturated rings. The number of pyridine rings is 1. The van der Waals surface area contributed by atoms with Crippen molar-refractivity contribution in [2.75, 3.05) is 44.7 Å². The van der Waals surface area contributed by atoms with Crippen LogP contribution in [0.4, 0.5) is 5.82 Å². The van der Waals surface area contributed by atoms with Crippen LogP contribution in [-0.4, -0.2) is 49.7 Å². The Morgan fingerprint density at radius 1 is 1.00 bits per heavy atom. The molecule has 0 N–H and O–H groups in total. The average Bonchev–Trinajstić information content (AvgIpc) is 2.82. The van der Waals surface area contributed by atoms with Crippen LogP contribution in [0, 0.1) is 0 Å². The molecule has 0 radical (unpaired) electrons. The van der Waals surface area contributed by atoms with E-state index in [1.54, 1.807) is 7.11 Å². The molecule has 4 heteroatoms. The largest absolute Gasteiger partial charge is 0.497 e. The summed E-state index contributed by atoms with van der Waals surface area (Å²) in [7, 11) is 1.73. The highest BCUT2D eigenvalue weighted by Gasteiger charge is 2.22. The smallest absolute Gasteiger partial charge is 0.137 e. The van der Waals surface area contributed by atoms with E-state index >= 15 is 0 Å². The molecule has 0 atom stereocenters. The molecule has 1 aromatic heterocycles. The van der Waals surface area contributed by atoms with Crippen molar-refractivity contribution in [1.82, 2.24) is 9.88 Å². The molecular formula is C26H29N3O. The quantitative estimate of drug-likeness (QED) is 0.632. The molecular weight excluding hydrogens is 370 g/mol. The van der Waals surface area contributed by atoms with E-state index in [9.17, 15) is 0 Å². The second-order valence-corrected chi connectivity index (χ2v) is 8.15. The number of hydrogen-bond donors (Lipinski definition) is 0. The number of fused-ring (bicyclic) bond motifs is 2. The normalized spacial score (nSPS) is 17.0. The monoisotopic (exact) mass is 399 g/mol. The molecule has 5 rings (SSSR count). The van der Waals surface area contributed by atoms with Gasteiger partial charge in [-0.2, -0.15) is 0 Å². The van der Waals surface area contributed by atoms with Crippen LogP contribution in [-0.2, 0) is 6.42 Å².